The van der Waals surface area contributed by atoms with Gasteiger partial charge in [-0.05, 0) is 145 Å². The summed E-state index contributed by atoms with van der Waals surface area (Å²) in [5, 5.41) is 6.49. The Labute approximate surface area is 357 Å². The van der Waals surface area contributed by atoms with Gasteiger partial charge in [-0.3, -0.25) is 0 Å². The summed E-state index contributed by atoms with van der Waals surface area (Å²) in [4.78, 5) is 8.86. The van der Waals surface area contributed by atoms with E-state index in [1.807, 2.05) is 14.1 Å². The molecule has 0 aromatic heterocycles. The Balaban J connectivity index is 1.03. The van der Waals surface area contributed by atoms with Crippen molar-refractivity contribution < 1.29 is 0 Å². The van der Waals surface area contributed by atoms with E-state index in [1.165, 1.54) is 22.5 Å². The quantitative estimate of drug-likeness (QED) is 0.0950. The number of anilines is 8. The summed E-state index contributed by atoms with van der Waals surface area (Å²) in [5.41, 5.74) is 16.2. The van der Waals surface area contributed by atoms with Crippen molar-refractivity contribution in [1.82, 2.24) is 10.6 Å². The molecule has 2 N–H and O–H groups in total. The van der Waals surface area contributed by atoms with Gasteiger partial charge in [-0.2, -0.15) is 0 Å². The number of hydrogen-bond donors (Lipinski definition) is 2. The lowest BCUT2D eigenvalue weighted by molar-refractivity contribution is 0.817. The van der Waals surface area contributed by atoms with E-state index in [-0.39, 0.29) is 0 Å². The van der Waals surface area contributed by atoms with Crippen molar-refractivity contribution in [2.45, 2.75) is 13.1 Å². The highest BCUT2D eigenvalue weighted by molar-refractivity contribution is 5.81. The second-order valence-electron chi connectivity index (χ2n) is 15.4. The third-order valence-electron chi connectivity index (χ3n) is 10.6. The summed E-state index contributed by atoms with van der Waals surface area (Å²) >= 11 is 0. The zero-order valence-corrected chi connectivity index (χ0v) is 35.7. The first-order valence-electron chi connectivity index (χ1n) is 20.6. The summed E-state index contributed by atoms with van der Waals surface area (Å²) < 4.78 is 0. The van der Waals surface area contributed by atoms with Crippen LogP contribution in [0.1, 0.15) is 33.4 Å². The van der Waals surface area contributed by atoms with Crippen molar-refractivity contribution in [2.24, 2.45) is 0 Å². The second kappa shape index (κ2) is 19.7. The highest BCUT2D eigenvalue weighted by atomic mass is 15.2. The normalized spacial score (nSPS) is 11.3. The number of nitrogens with one attached hydrogen (secondary N) is 2. The summed E-state index contributed by atoms with van der Waals surface area (Å²) in [5.74, 6) is 0. The highest BCUT2D eigenvalue weighted by Gasteiger charge is 2.15. The van der Waals surface area contributed by atoms with Gasteiger partial charge >= 0.3 is 0 Å². The molecule has 6 nitrogen and oxygen atoms in total. The molecular weight excluding hydrogens is 733 g/mol. The summed E-state index contributed by atoms with van der Waals surface area (Å²) in [6.45, 7) is 1.69. The second-order valence-corrected chi connectivity index (χ2v) is 15.4. The van der Waals surface area contributed by atoms with Gasteiger partial charge < -0.3 is 30.2 Å². The monoisotopic (exact) mass is 788 g/mol. The molecule has 60 heavy (non-hydrogen) atoms. The molecule has 0 aliphatic rings. The predicted octanol–water partition coefficient (Wildman–Crippen LogP) is 12.5. The van der Waals surface area contributed by atoms with Crippen molar-refractivity contribution in [1.29, 1.82) is 0 Å². The van der Waals surface area contributed by atoms with Gasteiger partial charge in [0.05, 0.1) is 0 Å². The lowest BCUT2D eigenvalue weighted by atomic mass is 10.1. The first kappa shape index (κ1) is 41.3. The molecule has 302 valence electrons. The van der Waals surface area contributed by atoms with Crippen LogP contribution >= 0.6 is 0 Å². The lowest BCUT2D eigenvalue weighted by Gasteiger charge is -2.27. The number of benzene rings is 7. The van der Waals surface area contributed by atoms with Crippen LogP contribution in [0.2, 0.25) is 0 Å². The number of rotatable bonds is 16. The first-order chi connectivity index (χ1) is 29.3. The summed E-state index contributed by atoms with van der Waals surface area (Å²) in [6.07, 6.45) is 8.70. The Morgan fingerprint density at radius 2 is 0.500 bits per heavy atom. The maximum atomic E-state index is 3.25. The molecule has 0 amide bonds. The fourth-order valence-corrected chi connectivity index (χ4v) is 7.20. The molecule has 0 unspecified atom stereocenters. The van der Waals surface area contributed by atoms with Crippen molar-refractivity contribution >= 4 is 69.8 Å². The molecule has 0 heterocycles. The van der Waals surface area contributed by atoms with Crippen molar-refractivity contribution in [2.75, 3.05) is 61.9 Å². The van der Waals surface area contributed by atoms with Crippen molar-refractivity contribution in [3.63, 3.8) is 0 Å². The number of hydrogen-bond acceptors (Lipinski definition) is 6. The molecule has 0 radical (unpaired) electrons. The van der Waals surface area contributed by atoms with E-state index in [2.05, 4.69) is 253 Å². The third-order valence-corrected chi connectivity index (χ3v) is 10.6. The molecule has 0 aliphatic carbocycles. The van der Waals surface area contributed by atoms with E-state index in [4.69, 9.17) is 0 Å². The van der Waals surface area contributed by atoms with E-state index in [0.29, 0.717) is 0 Å². The number of nitrogens with zero attached hydrogens (tertiary/aromatic N) is 4. The molecule has 0 saturated carbocycles. The van der Waals surface area contributed by atoms with Crippen LogP contribution in [-0.4, -0.2) is 42.3 Å². The van der Waals surface area contributed by atoms with Gasteiger partial charge in [-0.25, -0.2) is 0 Å². The third kappa shape index (κ3) is 10.4. The molecule has 0 fully saturated rings. The Morgan fingerprint density at radius 1 is 0.300 bits per heavy atom. The zero-order chi connectivity index (χ0) is 41.8. The minimum Gasteiger partial charge on any atom is -0.378 e. The fourth-order valence-electron chi connectivity index (χ4n) is 7.20. The molecular formula is C54H56N6. The Hall–Kier alpha value is -6.86. The van der Waals surface area contributed by atoms with E-state index in [1.54, 1.807) is 0 Å². The largest absolute Gasteiger partial charge is 0.378 e. The molecule has 0 saturated heterocycles. The minimum absolute atomic E-state index is 0.843. The van der Waals surface area contributed by atoms with E-state index in [0.717, 1.165) is 69.5 Å². The molecule has 0 atom stereocenters. The van der Waals surface area contributed by atoms with Gasteiger partial charge in [0.15, 0.2) is 0 Å². The van der Waals surface area contributed by atoms with E-state index < -0.39 is 0 Å². The van der Waals surface area contributed by atoms with Crippen molar-refractivity contribution in [3.05, 3.63) is 203 Å². The Bertz CT molecular complexity index is 2350. The fraction of sp³-hybridized carbons (Fsp3) is 0.148. The maximum Gasteiger partial charge on any atom is 0.0463 e. The molecule has 7 aromatic rings. The highest BCUT2D eigenvalue weighted by Crippen LogP contribution is 2.37. The van der Waals surface area contributed by atoms with Gasteiger partial charge in [-0.15, -0.1) is 0 Å². The van der Waals surface area contributed by atoms with E-state index >= 15 is 0 Å². The summed E-state index contributed by atoms with van der Waals surface area (Å²) in [7, 11) is 12.2. The zero-order valence-electron chi connectivity index (χ0n) is 35.7. The Kier molecular flexibility index (Phi) is 13.6. The molecule has 6 heteroatoms. The molecule has 0 aliphatic heterocycles. The molecule has 7 rings (SSSR count). The summed E-state index contributed by atoms with van der Waals surface area (Å²) in [6, 6.07) is 61.2. The van der Waals surface area contributed by atoms with Crippen LogP contribution in [-0.2, 0) is 13.1 Å². The first-order valence-corrected chi connectivity index (χ1v) is 20.6. The van der Waals surface area contributed by atoms with Crippen LogP contribution in [0.5, 0.6) is 0 Å². The van der Waals surface area contributed by atoms with Crippen LogP contribution in [0.3, 0.4) is 0 Å². The van der Waals surface area contributed by atoms with Crippen LogP contribution in [0.15, 0.2) is 170 Å². The van der Waals surface area contributed by atoms with Gasteiger partial charge in [0.25, 0.3) is 0 Å². The SMILES string of the molecule is CNCc1ccc(N(c2ccc(/C=C/c3ccc(/C=C/c4ccc(N(c5ccc(N(C)C)cc5)c5ccc(N(C)C)cc5)cc4)cc3)cc2)c2ccc(CNC)cc2)cc1. The lowest BCUT2D eigenvalue weighted by Crippen LogP contribution is -2.12. The van der Waals surface area contributed by atoms with Gasteiger partial charge in [-0.1, -0.05) is 97.1 Å². The average Bonchev–Trinajstić information content (AvgIpc) is 3.28. The average molecular weight is 789 g/mol. The van der Waals surface area contributed by atoms with Crippen LogP contribution in [0, 0.1) is 0 Å². The van der Waals surface area contributed by atoms with E-state index in [9.17, 15) is 0 Å². The standard InChI is InChI=1S/C54H56N6/c1-55-39-45-19-27-51(28-20-45)59(52-29-21-46(22-30-52)40-56-2)49-23-15-43(16-24-49)13-11-41-7-9-42(10-8-41)12-14-44-17-25-50(26-18-44)60(53-35-31-47(32-36-53)57(3)4)54-37-33-48(34-38-54)58(5)6/h7-38,55-56H,39-40H2,1-6H3/b13-11+,14-12+. The Morgan fingerprint density at radius 3 is 0.733 bits per heavy atom. The van der Waals surface area contributed by atoms with Crippen LogP contribution < -0.4 is 30.2 Å². The van der Waals surface area contributed by atoms with Crippen LogP contribution in [0.4, 0.5) is 45.5 Å². The van der Waals surface area contributed by atoms with Gasteiger partial charge in [0.2, 0.25) is 0 Å². The maximum absolute atomic E-state index is 3.25. The van der Waals surface area contributed by atoms with Crippen LogP contribution in [0.25, 0.3) is 24.3 Å². The molecule has 0 spiro atoms. The predicted molar refractivity (Wildman–Crippen MR) is 261 cm³/mol. The minimum atomic E-state index is 0.843. The topological polar surface area (TPSA) is 37.0 Å². The van der Waals surface area contributed by atoms with Gasteiger partial charge in [0.1, 0.15) is 0 Å². The van der Waals surface area contributed by atoms with Crippen molar-refractivity contribution in [3.8, 4) is 0 Å². The smallest absolute Gasteiger partial charge is 0.0463 e. The van der Waals surface area contributed by atoms with Gasteiger partial charge in [0, 0.05) is 86.8 Å². The molecule has 7 aromatic carbocycles. The molecule has 0 bridgehead atoms.